The monoisotopic (exact) mass is 443 g/mol. The number of benzene rings is 1. The second-order valence-electron chi connectivity index (χ2n) is 9.43. The predicted octanol–water partition coefficient (Wildman–Crippen LogP) is 5.10. The molecule has 3 heterocycles. The van der Waals surface area contributed by atoms with Crippen LogP contribution in [0.25, 0.3) is 34.0 Å². The minimum absolute atomic E-state index is 0.0438. The second kappa shape index (κ2) is 9.11. The molecule has 0 saturated heterocycles. The van der Waals surface area contributed by atoms with Crippen LogP contribution in [0.1, 0.15) is 46.2 Å². The molecule has 4 aromatic rings. The fourth-order valence-corrected chi connectivity index (χ4v) is 3.42. The van der Waals surface area contributed by atoms with E-state index in [0.717, 1.165) is 23.4 Å². The first-order valence-electron chi connectivity index (χ1n) is 11.1. The van der Waals surface area contributed by atoms with Crippen molar-refractivity contribution in [3.05, 3.63) is 77.0 Å². The molecule has 0 aliphatic carbocycles. The summed E-state index contributed by atoms with van der Waals surface area (Å²) >= 11 is 0. The highest BCUT2D eigenvalue weighted by Crippen LogP contribution is 2.27. The molecule has 0 bridgehead atoms. The zero-order valence-corrected chi connectivity index (χ0v) is 19.7. The van der Waals surface area contributed by atoms with Crippen molar-refractivity contribution in [2.75, 3.05) is 0 Å². The Morgan fingerprint density at radius 3 is 2.55 bits per heavy atom. The van der Waals surface area contributed by atoms with Crippen molar-refractivity contribution in [1.29, 1.82) is 0 Å². The molecule has 0 atom stereocenters. The Morgan fingerprint density at radius 2 is 1.79 bits per heavy atom. The van der Waals surface area contributed by atoms with Gasteiger partial charge in [-0.25, -0.2) is 4.98 Å². The van der Waals surface area contributed by atoms with Crippen LogP contribution in [0.4, 0.5) is 0 Å². The highest BCUT2D eigenvalue weighted by Gasteiger charge is 2.14. The van der Waals surface area contributed by atoms with Crippen molar-refractivity contribution in [2.45, 2.75) is 52.7 Å². The number of pyridine rings is 1. The van der Waals surface area contributed by atoms with Crippen molar-refractivity contribution in [2.24, 2.45) is 0 Å². The number of rotatable bonds is 6. The van der Waals surface area contributed by atoms with Crippen LogP contribution >= 0.6 is 0 Å². The highest BCUT2D eigenvalue weighted by molar-refractivity contribution is 5.67. The Kier molecular flexibility index (Phi) is 6.24. The molecule has 0 saturated carbocycles. The normalized spacial score (nSPS) is 11.8. The van der Waals surface area contributed by atoms with E-state index in [-0.39, 0.29) is 17.1 Å². The average Bonchev–Trinajstić information content (AvgIpc) is 3.28. The fourth-order valence-electron chi connectivity index (χ4n) is 3.42. The Labute approximate surface area is 193 Å². The zero-order valence-electron chi connectivity index (χ0n) is 19.7. The maximum Gasteiger partial charge on any atom is 0.250 e. The maximum atomic E-state index is 12.1. The molecule has 4 rings (SSSR count). The smallest absolute Gasteiger partial charge is 0.250 e. The van der Waals surface area contributed by atoms with Gasteiger partial charge in [0.25, 0.3) is 5.56 Å². The fraction of sp³-hybridized carbons (Fsp3) is 0.308. The van der Waals surface area contributed by atoms with Crippen LogP contribution in [0.2, 0.25) is 0 Å². The molecule has 0 aliphatic heterocycles. The molecule has 7 heteroatoms. The van der Waals surface area contributed by atoms with Gasteiger partial charge in [0.2, 0.25) is 0 Å². The maximum absolute atomic E-state index is 12.1. The molecule has 170 valence electrons. The minimum Gasteiger partial charge on any atom is -0.354 e. The summed E-state index contributed by atoms with van der Waals surface area (Å²) in [5.74, 6) is 0.537. The molecule has 0 radical (unpaired) electrons. The van der Waals surface area contributed by atoms with Crippen LogP contribution in [-0.2, 0) is 6.54 Å². The molecule has 33 heavy (non-hydrogen) atoms. The summed E-state index contributed by atoms with van der Waals surface area (Å²) in [5.41, 5.74) is 4.95. The molecule has 0 unspecified atom stereocenters. The second-order valence-corrected chi connectivity index (χ2v) is 9.43. The van der Waals surface area contributed by atoms with Gasteiger partial charge in [-0.3, -0.25) is 9.78 Å². The van der Waals surface area contributed by atoms with Gasteiger partial charge in [0.05, 0.1) is 18.1 Å². The third-order valence-electron chi connectivity index (χ3n) is 5.23. The molecule has 1 N–H and O–H groups in total. The molecule has 1 aromatic carbocycles. The van der Waals surface area contributed by atoms with Crippen LogP contribution < -0.4 is 10.9 Å². The summed E-state index contributed by atoms with van der Waals surface area (Å²) in [5, 5.41) is 7.76. The van der Waals surface area contributed by atoms with Gasteiger partial charge in [0.15, 0.2) is 5.76 Å². The third-order valence-corrected chi connectivity index (χ3v) is 5.23. The lowest BCUT2D eigenvalue weighted by molar-refractivity contribution is 0.424. The van der Waals surface area contributed by atoms with Gasteiger partial charge in [0, 0.05) is 47.6 Å². The van der Waals surface area contributed by atoms with Crippen LogP contribution in [0.3, 0.4) is 0 Å². The van der Waals surface area contributed by atoms with Gasteiger partial charge < -0.3 is 14.4 Å². The molecule has 3 aromatic heterocycles. The van der Waals surface area contributed by atoms with Crippen molar-refractivity contribution in [3.63, 3.8) is 0 Å². The number of hydrogen-bond donors (Lipinski definition) is 1. The quantitative estimate of drug-likeness (QED) is 0.446. The number of hydrogen-bond acceptors (Lipinski definition) is 6. The summed E-state index contributed by atoms with van der Waals surface area (Å²) in [4.78, 5) is 21.1. The summed E-state index contributed by atoms with van der Waals surface area (Å²) in [6.45, 7) is 11.1. The van der Waals surface area contributed by atoms with Gasteiger partial charge in [-0.05, 0) is 52.3 Å². The van der Waals surface area contributed by atoms with E-state index in [2.05, 4.69) is 48.4 Å². The first kappa shape index (κ1) is 22.6. The average molecular weight is 444 g/mol. The molecule has 0 amide bonds. The van der Waals surface area contributed by atoms with Gasteiger partial charge >= 0.3 is 0 Å². The van der Waals surface area contributed by atoms with Crippen LogP contribution in [-0.4, -0.2) is 25.2 Å². The molecule has 0 aliphatic rings. The topological polar surface area (TPSA) is 85.8 Å². The van der Waals surface area contributed by atoms with Gasteiger partial charge in [0.1, 0.15) is 11.4 Å². The minimum atomic E-state index is -0.0438. The molecule has 0 fully saturated rings. The van der Waals surface area contributed by atoms with Crippen molar-refractivity contribution in [1.82, 2.24) is 25.0 Å². The van der Waals surface area contributed by atoms with E-state index in [1.807, 2.05) is 38.2 Å². The number of nitrogens with one attached hydrogen (secondary N) is 1. The Balaban J connectivity index is 1.60. The Bertz CT molecular complexity index is 1310. The molecule has 7 nitrogen and oxygen atoms in total. The van der Waals surface area contributed by atoms with Crippen molar-refractivity contribution < 1.29 is 4.52 Å². The van der Waals surface area contributed by atoms with Crippen LogP contribution in [0.5, 0.6) is 0 Å². The van der Waals surface area contributed by atoms with Gasteiger partial charge in [-0.2, -0.15) is 0 Å². The Morgan fingerprint density at radius 1 is 1.00 bits per heavy atom. The lowest BCUT2D eigenvalue weighted by atomic mass is 10.1. The molecular formula is C26H29N5O2. The summed E-state index contributed by atoms with van der Waals surface area (Å²) in [6.07, 6.45) is 5.14. The number of aromatic nitrogens is 4. The molecular weight excluding hydrogens is 414 g/mol. The van der Waals surface area contributed by atoms with E-state index in [1.165, 1.54) is 5.56 Å². The van der Waals surface area contributed by atoms with E-state index in [0.29, 0.717) is 17.1 Å². The first-order valence-corrected chi connectivity index (χ1v) is 11.1. The number of nitrogens with zero attached hydrogens (tertiary/aromatic N) is 4. The summed E-state index contributed by atoms with van der Waals surface area (Å²) in [6, 6.07) is 13.5. The zero-order chi connectivity index (χ0) is 23.6. The highest BCUT2D eigenvalue weighted by atomic mass is 16.5. The summed E-state index contributed by atoms with van der Waals surface area (Å²) < 4.78 is 7.29. The van der Waals surface area contributed by atoms with E-state index < -0.39 is 0 Å². The first-order chi connectivity index (χ1) is 15.7. The van der Waals surface area contributed by atoms with E-state index in [9.17, 15) is 4.79 Å². The predicted molar refractivity (Wildman–Crippen MR) is 130 cm³/mol. The lowest BCUT2D eigenvalue weighted by Gasteiger charge is -2.20. The van der Waals surface area contributed by atoms with Gasteiger partial charge in [-0.15, -0.1) is 0 Å². The standard InChI is InChI=1S/C26H29N5O2/c1-17(2)31-16-20(9-10-25(31)32)22-14-27-15-23(29-22)24-12-21(30-33-24)19-8-6-7-18(11-19)13-28-26(3,4)5/h6-12,14-17,28H,13H2,1-5H3. The van der Waals surface area contributed by atoms with E-state index in [4.69, 9.17) is 9.51 Å². The van der Waals surface area contributed by atoms with Gasteiger partial charge in [-0.1, -0.05) is 23.4 Å². The SMILES string of the molecule is CC(C)n1cc(-c2cncc(-c3cc(-c4cccc(CNC(C)(C)C)c4)no3)n2)ccc1=O. The van der Waals surface area contributed by atoms with Crippen molar-refractivity contribution in [3.8, 4) is 34.0 Å². The van der Waals surface area contributed by atoms with Crippen molar-refractivity contribution >= 4 is 0 Å². The Hall–Kier alpha value is -3.58. The lowest BCUT2D eigenvalue weighted by Crippen LogP contribution is -2.35. The summed E-state index contributed by atoms with van der Waals surface area (Å²) in [7, 11) is 0. The van der Waals surface area contributed by atoms with Crippen LogP contribution in [0.15, 0.2) is 70.4 Å². The third kappa shape index (κ3) is 5.43. The molecule has 0 spiro atoms. The van der Waals surface area contributed by atoms with Crippen LogP contribution in [0, 0.1) is 0 Å². The largest absolute Gasteiger partial charge is 0.354 e. The van der Waals surface area contributed by atoms with E-state index >= 15 is 0 Å². The van der Waals surface area contributed by atoms with E-state index in [1.54, 1.807) is 29.1 Å².